The molecule has 206 valence electrons. The second kappa shape index (κ2) is 10.0. The van der Waals surface area contributed by atoms with Crippen LogP contribution in [0.3, 0.4) is 0 Å². The highest BCUT2D eigenvalue weighted by molar-refractivity contribution is 5.91. The largest absolute Gasteiger partial charge is 0.449 e. The Labute approximate surface area is 215 Å². The molecule has 2 atom stereocenters. The number of halogens is 6. The Hall–Kier alpha value is -3.44. The van der Waals surface area contributed by atoms with Gasteiger partial charge in [-0.25, -0.2) is 9.59 Å². The maximum atomic E-state index is 13.4. The summed E-state index contributed by atoms with van der Waals surface area (Å²) in [5, 5.41) is 0. The predicted octanol–water partition coefficient (Wildman–Crippen LogP) is 6.59. The molecule has 12 heteroatoms. The van der Waals surface area contributed by atoms with E-state index < -0.39 is 54.2 Å². The van der Waals surface area contributed by atoms with Gasteiger partial charge in [-0.05, 0) is 86.1 Å². The minimum absolute atomic E-state index is 0.0383. The van der Waals surface area contributed by atoms with Gasteiger partial charge in [-0.1, -0.05) is 6.07 Å². The molecule has 2 aliphatic rings. The van der Waals surface area contributed by atoms with E-state index in [0.29, 0.717) is 23.4 Å². The maximum absolute atomic E-state index is 13.4. The minimum atomic E-state index is -5.03. The van der Waals surface area contributed by atoms with Gasteiger partial charge in [-0.15, -0.1) is 0 Å². The van der Waals surface area contributed by atoms with E-state index in [2.05, 4.69) is 0 Å². The number of hydrogen-bond donors (Lipinski definition) is 1. The zero-order valence-electron chi connectivity index (χ0n) is 20.7. The summed E-state index contributed by atoms with van der Waals surface area (Å²) in [5.74, 6) is 0. The van der Waals surface area contributed by atoms with E-state index in [1.54, 1.807) is 13.8 Å². The number of aryl methyl sites for hydroxylation is 2. The van der Waals surface area contributed by atoms with E-state index in [1.807, 2.05) is 12.1 Å². The molecule has 2 N–H and O–H groups in total. The highest BCUT2D eigenvalue weighted by Gasteiger charge is 2.41. The number of fused-ring (bicyclic) bond motifs is 2. The van der Waals surface area contributed by atoms with Gasteiger partial charge < -0.3 is 15.4 Å². The van der Waals surface area contributed by atoms with Crippen molar-refractivity contribution in [3.63, 3.8) is 0 Å². The van der Waals surface area contributed by atoms with Gasteiger partial charge in [0.1, 0.15) is 0 Å². The van der Waals surface area contributed by atoms with Crippen LogP contribution in [0.4, 0.5) is 41.6 Å². The fraction of sp³-hybridized carbons (Fsp3) is 0.462. The van der Waals surface area contributed by atoms with Crippen LogP contribution in [0.15, 0.2) is 30.3 Å². The third-order valence-corrected chi connectivity index (χ3v) is 6.99. The molecule has 0 aromatic heterocycles. The molecule has 1 aliphatic carbocycles. The summed E-state index contributed by atoms with van der Waals surface area (Å²) in [6.45, 7) is 2.94. The lowest BCUT2D eigenvalue weighted by Crippen LogP contribution is -2.48. The van der Waals surface area contributed by atoms with E-state index in [9.17, 15) is 35.9 Å². The number of nitrogens with zero attached hydrogens (tertiary/aromatic N) is 2. The smallest absolute Gasteiger partial charge is 0.416 e. The molecule has 6 nitrogen and oxygen atoms in total. The number of rotatable bonds is 4. The summed E-state index contributed by atoms with van der Waals surface area (Å²) < 4.78 is 85.8. The molecule has 4 rings (SSSR count). The quantitative estimate of drug-likeness (QED) is 0.442. The third kappa shape index (κ3) is 5.39. The summed E-state index contributed by atoms with van der Waals surface area (Å²) in [6, 6.07) is 2.61. The van der Waals surface area contributed by atoms with E-state index in [0.717, 1.165) is 35.3 Å². The lowest BCUT2D eigenvalue weighted by Gasteiger charge is -2.43. The molecule has 0 saturated carbocycles. The van der Waals surface area contributed by atoms with Crippen molar-refractivity contribution in [3.8, 4) is 0 Å². The molecule has 0 saturated heterocycles. The highest BCUT2D eigenvalue weighted by Crippen LogP contribution is 2.44. The number of hydrogen-bond acceptors (Lipinski definition) is 3. The number of carbonyl (C=O) groups excluding carboxylic acids is 2. The highest BCUT2D eigenvalue weighted by atomic mass is 19.4. The minimum Gasteiger partial charge on any atom is -0.449 e. The van der Waals surface area contributed by atoms with E-state index >= 15 is 0 Å². The predicted molar refractivity (Wildman–Crippen MR) is 126 cm³/mol. The van der Waals surface area contributed by atoms with E-state index in [1.165, 1.54) is 4.90 Å². The zero-order valence-corrected chi connectivity index (χ0v) is 20.7. The van der Waals surface area contributed by atoms with Crippen LogP contribution in [0.2, 0.25) is 0 Å². The number of primary amides is 1. The van der Waals surface area contributed by atoms with Crippen LogP contribution in [0.25, 0.3) is 0 Å². The second-order valence-electron chi connectivity index (χ2n) is 9.58. The van der Waals surface area contributed by atoms with Crippen molar-refractivity contribution in [2.75, 3.05) is 11.5 Å². The number of anilines is 1. The van der Waals surface area contributed by atoms with Gasteiger partial charge in [-0.2, -0.15) is 26.3 Å². The topological polar surface area (TPSA) is 75.9 Å². The molecule has 0 fully saturated rings. The lowest BCUT2D eigenvalue weighted by atomic mass is 9.88. The Balaban J connectivity index is 1.80. The number of ether oxygens (including phenoxy) is 1. The zero-order chi connectivity index (χ0) is 28.0. The van der Waals surface area contributed by atoms with E-state index in [-0.39, 0.29) is 24.7 Å². The molecule has 1 aliphatic heterocycles. The van der Waals surface area contributed by atoms with Crippen molar-refractivity contribution < 1.29 is 40.7 Å². The Morgan fingerprint density at radius 2 is 1.58 bits per heavy atom. The summed E-state index contributed by atoms with van der Waals surface area (Å²) in [7, 11) is 0. The van der Waals surface area contributed by atoms with Gasteiger partial charge in [0, 0.05) is 12.6 Å². The fourth-order valence-corrected chi connectivity index (χ4v) is 5.31. The first-order valence-electron chi connectivity index (χ1n) is 12.2. The molecule has 0 spiro atoms. The molecule has 38 heavy (non-hydrogen) atoms. The van der Waals surface area contributed by atoms with Crippen molar-refractivity contribution in [2.24, 2.45) is 5.73 Å². The Morgan fingerprint density at radius 3 is 2.11 bits per heavy atom. The fourth-order valence-electron chi connectivity index (χ4n) is 5.31. The van der Waals surface area contributed by atoms with Gasteiger partial charge in [0.2, 0.25) is 0 Å². The molecule has 0 radical (unpaired) electrons. The summed E-state index contributed by atoms with van der Waals surface area (Å²) >= 11 is 0. The first-order chi connectivity index (χ1) is 17.7. The summed E-state index contributed by atoms with van der Waals surface area (Å²) in [5.41, 5.74) is 5.41. The van der Waals surface area contributed by atoms with Crippen LogP contribution < -0.4 is 10.6 Å². The number of amides is 3. The van der Waals surface area contributed by atoms with Crippen LogP contribution in [0.5, 0.6) is 0 Å². The van der Waals surface area contributed by atoms with Crippen molar-refractivity contribution >= 4 is 17.8 Å². The number of carbonyl (C=O) groups is 2. The number of alkyl halides is 6. The summed E-state index contributed by atoms with van der Waals surface area (Å²) in [6.07, 6.45) is -8.04. The molecule has 2 aromatic rings. The van der Waals surface area contributed by atoms with Gasteiger partial charge in [0.25, 0.3) is 0 Å². The van der Waals surface area contributed by atoms with Crippen molar-refractivity contribution in [1.29, 1.82) is 0 Å². The number of benzene rings is 2. The molecule has 3 amide bonds. The van der Waals surface area contributed by atoms with Crippen LogP contribution >= 0.6 is 0 Å². The number of nitrogens with two attached hydrogens (primary N) is 1. The second-order valence-corrected chi connectivity index (χ2v) is 9.58. The Bertz CT molecular complexity index is 1210. The van der Waals surface area contributed by atoms with Gasteiger partial charge >= 0.3 is 24.5 Å². The lowest BCUT2D eigenvalue weighted by molar-refractivity contribution is -0.143. The monoisotopic (exact) mass is 543 g/mol. The molecule has 0 bridgehead atoms. The number of urea groups is 1. The van der Waals surface area contributed by atoms with Crippen molar-refractivity contribution in [1.82, 2.24) is 4.90 Å². The van der Waals surface area contributed by atoms with Crippen LogP contribution in [0.1, 0.15) is 66.1 Å². The summed E-state index contributed by atoms with van der Waals surface area (Å²) in [4.78, 5) is 28.0. The standard InChI is InChI=1S/C26H27F6N3O3/c1-3-38-24(37)35-14(2)7-21(20-10-16-5-4-6-17(16)11-22(20)35)34(23(33)36)13-15-8-18(25(27,28)29)12-19(9-15)26(30,31)32/h8-12,14,21H,3-7,13H2,1-2H3,(H2,33,36)/t14-,21+/m0/s1. The SMILES string of the molecule is CCOC(=O)N1c2cc3c(cc2[C@H](N(Cc2cc(C(F)(F)F)cc(C(F)(F)F)c2)C(N)=O)C[C@@H]1C)CCC3. The van der Waals surface area contributed by atoms with Crippen molar-refractivity contribution in [2.45, 2.75) is 70.5 Å². The third-order valence-electron chi connectivity index (χ3n) is 6.99. The van der Waals surface area contributed by atoms with Gasteiger partial charge in [0.15, 0.2) is 0 Å². The molecule has 2 aromatic carbocycles. The van der Waals surface area contributed by atoms with Gasteiger partial charge in [0.05, 0.1) is 29.5 Å². The first kappa shape index (κ1) is 27.6. The average Bonchev–Trinajstić information content (AvgIpc) is 3.27. The Kier molecular flexibility index (Phi) is 7.28. The molecular formula is C26H27F6N3O3. The Morgan fingerprint density at radius 1 is 1.00 bits per heavy atom. The first-order valence-corrected chi connectivity index (χ1v) is 12.2. The van der Waals surface area contributed by atoms with Crippen molar-refractivity contribution in [3.05, 3.63) is 63.7 Å². The van der Waals surface area contributed by atoms with Crippen LogP contribution in [-0.2, 0) is 36.5 Å². The van der Waals surface area contributed by atoms with Crippen LogP contribution in [0, 0.1) is 0 Å². The molecular weight excluding hydrogens is 516 g/mol. The molecule has 1 heterocycles. The maximum Gasteiger partial charge on any atom is 0.416 e. The molecule has 0 unspecified atom stereocenters. The normalized spacial score (nSPS) is 19.1. The van der Waals surface area contributed by atoms with E-state index in [4.69, 9.17) is 10.5 Å². The van der Waals surface area contributed by atoms with Crippen LogP contribution in [-0.4, -0.2) is 29.7 Å². The average molecular weight is 544 g/mol. The van der Waals surface area contributed by atoms with Gasteiger partial charge in [-0.3, -0.25) is 4.90 Å².